The Hall–Kier alpha value is -2.43. The number of amides is 1. The zero-order chi connectivity index (χ0) is 13.8. The minimum atomic E-state index is -0.821. The third-order valence-corrected chi connectivity index (χ3v) is 2.81. The molecule has 0 aromatic carbocycles. The van der Waals surface area contributed by atoms with Gasteiger partial charge in [-0.15, -0.1) is 0 Å². The van der Waals surface area contributed by atoms with Gasteiger partial charge in [-0.2, -0.15) is 0 Å². The first-order chi connectivity index (χ1) is 9.06. The molecule has 1 aromatic rings. The smallest absolute Gasteiger partial charge is 0.279 e. The number of hydrogen-bond acceptors (Lipinski definition) is 3. The number of aromatic nitrogens is 2. The van der Waals surface area contributed by atoms with Crippen LogP contribution in [-0.2, 0) is 6.42 Å². The molecule has 3 N–H and O–H groups in total. The van der Waals surface area contributed by atoms with Crippen LogP contribution in [0.3, 0.4) is 0 Å². The van der Waals surface area contributed by atoms with Crippen molar-refractivity contribution in [2.24, 2.45) is 11.7 Å². The van der Waals surface area contributed by atoms with Crippen molar-refractivity contribution >= 4 is 5.91 Å². The van der Waals surface area contributed by atoms with E-state index in [4.69, 9.17) is 5.73 Å². The number of hydrogen-bond donors (Lipinski definition) is 2. The maximum absolute atomic E-state index is 11.6. The molecule has 19 heavy (non-hydrogen) atoms. The first-order valence-corrected chi connectivity index (χ1v) is 6.00. The van der Waals surface area contributed by atoms with Gasteiger partial charge in [-0.25, -0.2) is 4.98 Å². The lowest BCUT2D eigenvalue weighted by atomic mass is 10.1. The summed E-state index contributed by atoms with van der Waals surface area (Å²) in [6, 6.07) is 0. The highest BCUT2D eigenvalue weighted by Crippen LogP contribution is 2.12. The molecule has 0 bridgehead atoms. The molecule has 0 radical (unpaired) electrons. The van der Waals surface area contributed by atoms with Crippen molar-refractivity contribution in [1.29, 1.82) is 0 Å². The summed E-state index contributed by atoms with van der Waals surface area (Å²) in [5.74, 6) is -0.429. The second kappa shape index (κ2) is 5.48. The van der Waals surface area contributed by atoms with Crippen molar-refractivity contribution in [3.8, 4) is 0 Å². The molecule has 1 aliphatic rings. The number of carbonyl (C=O) groups is 1. The van der Waals surface area contributed by atoms with Gasteiger partial charge in [0.2, 0.25) is 0 Å². The topological polar surface area (TPSA) is 88.8 Å². The second-order valence-corrected chi connectivity index (χ2v) is 4.47. The Bertz CT molecular complexity index is 638. The predicted molar refractivity (Wildman–Crippen MR) is 72.6 cm³/mol. The third kappa shape index (κ3) is 3.28. The van der Waals surface area contributed by atoms with Crippen LogP contribution in [0.5, 0.6) is 0 Å². The molecular weight excluding hydrogens is 242 g/mol. The Morgan fingerprint density at radius 2 is 2.26 bits per heavy atom. The predicted octanol–water partition coefficient (Wildman–Crippen LogP) is 1.10. The number of nitrogens with two attached hydrogens (primary N) is 1. The molecule has 0 aliphatic heterocycles. The fourth-order valence-corrected chi connectivity index (χ4v) is 1.79. The van der Waals surface area contributed by atoms with E-state index in [9.17, 15) is 9.59 Å². The summed E-state index contributed by atoms with van der Waals surface area (Å²) >= 11 is 0. The maximum Gasteiger partial charge on any atom is 0.279 e. The highest BCUT2D eigenvalue weighted by atomic mass is 16.2. The van der Waals surface area contributed by atoms with Gasteiger partial charge in [0.1, 0.15) is 0 Å². The molecule has 0 fully saturated rings. The number of nitrogens with zero attached hydrogens (tertiary/aromatic N) is 1. The summed E-state index contributed by atoms with van der Waals surface area (Å²) in [5, 5.41) is 0. The van der Waals surface area contributed by atoms with Crippen molar-refractivity contribution in [1.82, 2.24) is 9.97 Å². The van der Waals surface area contributed by atoms with Crippen LogP contribution >= 0.6 is 0 Å². The van der Waals surface area contributed by atoms with E-state index in [2.05, 4.69) is 29.0 Å². The van der Waals surface area contributed by atoms with Crippen LogP contribution in [0.1, 0.15) is 23.1 Å². The molecular formula is C14H15N3O2. The molecule has 1 unspecified atom stereocenters. The van der Waals surface area contributed by atoms with Gasteiger partial charge in [-0.3, -0.25) is 9.59 Å². The molecule has 0 spiro atoms. The van der Waals surface area contributed by atoms with Gasteiger partial charge in [0, 0.05) is 18.3 Å². The Balaban J connectivity index is 2.21. The van der Waals surface area contributed by atoms with Gasteiger partial charge in [-0.05, 0) is 11.5 Å². The number of H-pyrrole nitrogens is 1. The molecule has 98 valence electrons. The molecule has 1 heterocycles. The summed E-state index contributed by atoms with van der Waals surface area (Å²) in [5.41, 5.74) is 5.93. The maximum atomic E-state index is 11.6. The fourth-order valence-electron chi connectivity index (χ4n) is 1.79. The van der Waals surface area contributed by atoms with Gasteiger partial charge < -0.3 is 10.7 Å². The molecule has 1 aromatic heterocycles. The summed E-state index contributed by atoms with van der Waals surface area (Å²) in [6.07, 6.45) is 12.2. The normalized spacial score (nSPS) is 17.9. The van der Waals surface area contributed by atoms with E-state index in [1.54, 1.807) is 0 Å². The number of allylic oxidation sites excluding steroid dienone is 6. The van der Waals surface area contributed by atoms with Crippen molar-refractivity contribution in [3.63, 3.8) is 0 Å². The lowest BCUT2D eigenvalue weighted by Gasteiger charge is -2.02. The van der Waals surface area contributed by atoms with Gasteiger partial charge in [0.15, 0.2) is 5.69 Å². The Labute approximate surface area is 110 Å². The zero-order valence-corrected chi connectivity index (χ0v) is 10.6. The van der Waals surface area contributed by atoms with Crippen LogP contribution in [0.4, 0.5) is 0 Å². The summed E-state index contributed by atoms with van der Waals surface area (Å²) < 4.78 is 0. The molecule has 5 heteroatoms. The van der Waals surface area contributed by atoms with Gasteiger partial charge in [0.25, 0.3) is 11.5 Å². The molecule has 0 saturated carbocycles. The van der Waals surface area contributed by atoms with Crippen LogP contribution in [0.15, 0.2) is 46.9 Å². The quantitative estimate of drug-likeness (QED) is 0.849. The molecule has 5 nitrogen and oxygen atoms in total. The highest BCUT2D eigenvalue weighted by Gasteiger charge is 2.09. The first-order valence-electron chi connectivity index (χ1n) is 6.00. The second-order valence-electron chi connectivity index (χ2n) is 4.47. The number of carbonyl (C=O) groups excluding carboxylic acids is 1. The summed E-state index contributed by atoms with van der Waals surface area (Å²) in [7, 11) is 0. The van der Waals surface area contributed by atoms with E-state index in [1.807, 2.05) is 18.2 Å². The third-order valence-electron chi connectivity index (χ3n) is 2.81. The van der Waals surface area contributed by atoms with Gasteiger partial charge in [-0.1, -0.05) is 37.3 Å². The SMILES string of the molecule is CC1C=CC=C(Cc2cnc(C(N)=O)c(=O)[nH]2)C=C1. The van der Waals surface area contributed by atoms with E-state index >= 15 is 0 Å². The van der Waals surface area contributed by atoms with Gasteiger partial charge in [0.05, 0.1) is 0 Å². The lowest BCUT2D eigenvalue weighted by Crippen LogP contribution is -2.26. The van der Waals surface area contributed by atoms with E-state index in [0.717, 1.165) is 5.57 Å². The Morgan fingerprint density at radius 3 is 2.95 bits per heavy atom. The van der Waals surface area contributed by atoms with Crippen LogP contribution in [0, 0.1) is 5.92 Å². The molecule has 1 aliphatic carbocycles. The Kier molecular flexibility index (Phi) is 3.75. The van der Waals surface area contributed by atoms with Gasteiger partial charge >= 0.3 is 0 Å². The van der Waals surface area contributed by atoms with E-state index < -0.39 is 11.5 Å². The number of rotatable bonds is 3. The minimum Gasteiger partial charge on any atom is -0.364 e. The van der Waals surface area contributed by atoms with Crippen molar-refractivity contribution in [2.75, 3.05) is 0 Å². The van der Waals surface area contributed by atoms with Crippen molar-refractivity contribution in [3.05, 3.63) is 63.9 Å². The molecule has 1 atom stereocenters. The average Bonchev–Trinajstić information content (AvgIpc) is 2.54. The standard InChI is InChI=1S/C14H15N3O2/c1-9-3-2-4-10(6-5-9)7-11-8-16-12(13(15)18)14(19)17-11/h2-6,8-9H,7H2,1H3,(H2,15,18)(H,17,19). The zero-order valence-electron chi connectivity index (χ0n) is 10.6. The minimum absolute atomic E-state index is 0.261. The average molecular weight is 257 g/mol. The lowest BCUT2D eigenvalue weighted by molar-refractivity contribution is 0.0994. The molecule has 1 amide bonds. The number of aromatic amines is 1. The highest BCUT2D eigenvalue weighted by molar-refractivity contribution is 5.90. The number of nitrogens with one attached hydrogen (secondary N) is 1. The molecule has 2 rings (SSSR count). The van der Waals surface area contributed by atoms with Crippen LogP contribution in [0.25, 0.3) is 0 Å². The molecule has 0 saturated heterocycles. The van der Waals surface area contributed by atoms with Crippen LogP contribution < -0.4 is 11.3 Å². The first kappa shape index (κ1) is 13.0. The number of primary amides is 1. The Morgan fingerprint density at radius 1 is 1.47 bits per heavy atom. The van der Waals surface area contributed by atoms with E-state index in [1.165, 1.54) is 6.20 Å². The summed E-state index contributed by atoms with van der Waals surface area (Å²) in [4.78, 5) is 28.9. The van der Waals surface area contributed by atoms with Crippen LogP contribution in [-0.4, -0.2) is 15.9 Å². The van der Waals surface area contributed by atoms with E-state index in [-0.39, 0.29) is 5.69 Å². The van der Waals surface area contributed by atoms with Crippen molar-refractivity contribution < 1.29 is 4.79 Å². The van der Waals surface area contributed by atoms with Crippen molar-refractivity contribution in [2.45, 2.75) is 13.3 Å². The largest absolute Gasteiger partial charge is 0.364 e. The van der Waals surface area contributed by atoms with E-state index in [0.29, 0.717) is 18.0 Å². The fraction of sp³-hybridized carbons (Fsp3) is 0.214. The monoisotopic (exact) mass is 257 g/mol. The summed E-state index contributed by atoms with van der Waals surface area (Å²) in [6.45, 7) is 2.09. The van der Waals surface area contributed by atoms with Crippen LogP contribution in [0.2, 0.25) is 0 Å².